The largest absolute Gasteiger partial charge is 0.493 e. The predicted octanol–water partition coefficient (Wildman–Crippen LogP) is 6.20. The van der Waals surface area contributed by atoms with Gasteiger partial charge < -0.3 is 26.2 Å². The predicted molar refractivity (Wildman–Crippen MR) is 116 cm³/mol. The minimum atomic E-state index is -0.411. The molecular weight excluding hydrogens is 479 g/mol. The van der Waals surface area contributed by atoms with Crippen molar-refractivity contribution in [1.29, 1.82) is 0 Å². The molecule has 1 N–H and O–H groups in total. The number of hydrogen-bond acceptors (Lipinski definition) is 4. The fraction of sp³-hybridized carbons (Fsp3) is 0.609. The van der Waals surface area contributed by atoms with Crippen LogP contribution >= 0.6 is 22.9 Å². The Labute approximate surface area is 209 Å². The van der Waals surface area contributed by atoms with Gasteiger partial charge in [-0.05, 0) is 42.9 Å². The molecule has 0 aliphatic heterocycles. The molecule has 1 fully saturated rings. The molecule has 1 aromatic carbocycles. The molecule has 157 valence electrons. The van der Waals surface area contributed by atoms with Gasteiger partial charge in [0.25, 0.3) is 0 Å². The van der Waals surface area contributed by atoms with Crippen molar-refractivity contribution in [3.05, 3.63) is 46.4 Å². The molecule has 0 spiro atoms. The molecule has 0 amide bonds. The molecule has 1 aromatic heterocycles. The topological polar surface area (TPSA) is 42.4 Å². The zero-order chi connectivity index (χ0) is 19.8. The van der Waals surface area contributed by atoms with Crippen LogP contribution in [0.5, 0.6) is 5.75 Å². The number of hydrogen-bond donors (Lipinski definition) is 1. The number of nitrogens with zero attached hydrogens (tertiary/aromatic N) is 1. The Hall–Kier alpha value is 0.00390. The van der Waals surface area contributed by atoms with E-state index in [9.17, 15) is 5.11 Å². The summed E-state index contributed by atoms with van der Waals surface area (Å²) < 4.78 is 6.13. The van der Waals surface area contributed by atoms with Gasteiger partial charge in [0.05, 0.1) is 12.7 Å². The van der Waals surface area contributed by atoms with Crippen molar-refractivity contribution in [1.82, 2.24) is 4.98 Å². The number of thiazole rings is 1. The van der Waals surface area contributed by atoms with Crippen LogP contribution in [0.4, 0.5) is 0 Å². The summed E-state index contributed by atoms with van der Waals surface area (Å²) in [4.78, 5) is 4.32. The van der Waals surface area contributed by atoms with Gasteiger partial charge in [-0.2, -0.15) is 5.38 Å². The first kappa shape index (κ1) is 25.3. The van der Waals surface area contributed by atoms with Crippen molar-refractivity contribution < 1.29 is 42.6 Å². The van der Waals surface area contributed by atoms with E-state index in [0.717, 1.165) is 49.8 Å². The van der Waals surface area contributed by atoms with E-state index >= 15 is 0 Å². The van der Waals surface area contributed by atoms with Crippen LogP contribution in [-0.4, -0.2) is 22.1 Å². The van der Waals surface area contributed by atoms with Crippen molar-refractivity contribution in [3.63, 3.8) is 0 Å². The van der Waals surface area contributed by atoms with Gasteiger partial charge in [-0.25, -0.2) is 0 Å². The second-order valence-electron chi connectivity index (χ2n) is 7.82. The second-order valence-corrected chi connectivity index (χ2v) is 9.29. The molecule has 1 heterocycles. The smallest absolute Gasteiger partial charge is 0.119 e. The Balaban J connectivity index is 0.00000300. The van der Waals surface area contributed by atoms with Crippen LogP contribution in [0.1, 0.15) is 68.5 Å². The number of unbranched alkanes of at least 4 members (excludes halogenated alkanes) is 1. The molecule has 4 atom stereocenters. The summed E-state index contributed by atoms with van der Waals surface area (Å²) >= 11 is 8.24. The van der Waals surface area contributed by atoms with Gasteiger partial charge in [0.15, 0.2) is 0 Å². The number of halogens is 1. The average Bonchev–Trinajstić information content (AvgIpc) is 3.35. The average molecular weight is 510 g/mol. The monoisotopic (exact) mass is 509 g/mol. The summed E-state index contributed by atoms with van der Waals surface area (Å²) in [6, 6.07) is 7.90. The van der Waals surface area contributed by atoms with Crippen molar-refractivity contribution in [3.8, 4) is 5.75 Å². The van der Waals surface area contributed by atoms with Gasteiger partial charge in [-0.15, -0.1) is 11.6 Å². The molecule has 1 saturated carbocycles. The maximum absolute atomic E-state index is 10.3. The molecule has 2 unspecified atom stereocenters. The summed E-state index contributed by atoms with van der Waals surface area (Å²) in [6.45, 7) is 2.79. The Morgan fingerprint density at radius 1 is 1.34 bits per heavy atom. The summed E-state index contributed by atoms with van der Waals surface area (Å²) in [5.41, 5.74) is 0.941. The van der Waals surface area contributed by atoms with E-state index in [1.54, 1.807) is 17.5 Å². The van der Waals surface area contributed by atoms with Crippen molar-refractivity contribution in [2.45, 2.75) is 69.8 Å². The number of aliphatic hydroxyl groups is 1. The maximum Gasteiger partial charge on any atom is 0.119 e. The minimum absolute atomic E-state index is 0. The quantitative estimate of drug-likeness (QED) is 0.290. The van der Waals surface area contributed by atoms with Gasteiger partial charge in [-0.1, -0.05) is 62.4 Å². The van der Waals surface area contributed by atoms with Gasteiger partial charge in [0.1, 0.15) is 5.75 Å². The fourth-order valence-electron chi connectivity index (χ4n) is 4.11. The SMILES string of the molecule is CCCCC(O)c1cccc(OC[C@H]2C(Cl)CC[C@@H]2CCCc2nc[c-]s2)c1.[Y]. The van der Waals surface area contributed by atoms with Crippen LogP contribution in [0.3, 0.4) is 0 Å². The Kier molecular flexibility index (Phi) is 11.7. The molecule has 3 nitrogen and oxygen atoms in total. The van der Waals surface area contributed by atoms with Gasteiger partial charge >= 0.3 is 0 Å². The zero-order valence-electron chi connectivity index (χ0n) is 17.2. The van der Waals surface area contributed by atoms with E-state index in [1.807, 2.05) is 24.3 Å². The number of aromatic nitrogens is 1. The molecule has 1 aliphatic rings. The van der Waals surface area contributed by atoms with E-state index in [1.165, 1.54) is 17.8 Å². The Bertz CT molecular complexity index is 700. The summed E-state index contributed by atoms with van der Waals surface area (Å²) in [6.07, 6.45) is 9.87. The number of rotatable bonds is 11. The summed E-state index contributed by atoms with van der Waals surface area (Å²) in [5, 5.41) is 14.8. The molecule has 6 heteroatoms. The molecule has 29 heavy (non-hydrogen) atoms. The third-order valence-electron chi connectivity index (χ3n) is 5.80. The first-order chi connectivity index (χ1) is 13.7. The fourth-order valence-corrected chi connectivity index (χ4v) is 5.11. The molecule has 0 bridgehead atoms. The standard InChI is InChI=1S/C23H31ClNO2S.Y/c1-2-3-9-22(26)18-7-4-8-19(15-18)27-16-20-17(11-12-21(20)24)6-5-10-23-25-13-14-28-23;/h4,7-8,13,15,17,20-22,26H,2-3,5-6,9-12,16H2,1H3;/q-1;/t17-,20+,21?,22?;/m0./s1. The molecule has 0 saturated heterocycles. The van der Waals surface area contributed by atoms with Crippen LogP contribution < -0.4 is 4.74 Å². The summed E-state index contributed by atoms with van der Waals surface area (Å²) in [5.74, 6) is 1.84. The first-order valence-corrected chi connectivity index (χ1v) is 11.8. The number of aliphatic hydroxyl groups excluding tert-OH is 1. The molecule has 1 aliphatic carbocycles. The van der Waals surface area contributed by atoms with E-state index in [0.29, 0.717) is 18.4 Å². The van der Waals surface area contributed by atoms with Crippen LogP contribution in [0.25, 0.3) is 0 Å². The Morgan fingerprint density at radius 2 is 2.21 bits per heavy atom. The number of aryl methyl sites for hydroxylation is 1. The van der Waals surface area contributed by atoms with Gasteiger partial charge in [-0.3, -0.25) is 0 Å². The normalized spacial score (nSPS) is 22.2. The second kappa shape index (κ2) is 13.4. The third kappa shape index (κ3) is 7.89. The molecule has 2 aromatic rings. The van der Waals surface area contributed by atoms with E-state index < -0.39 is 6.10 Å². The summed E-state index contributed by atoms with van der Waals surface area (Å²) in [7, 11) is 0. The molecular formula is C23H31ClNO2SY-. The van der Waals surface area contributed by atoms with E-state index in [2.05, 4.69) is 17.3 Å². The van der Waals surface area contributed by atoms with Gasteiger partial charge in [0.2, 0.25) is 0 Å². The third-order valence-corrected chi connectivity index (χ3v) is 7.11. The van der Waals surface area contributed by atoms with Crippen LogP contribution in [0.15, 0.2) is 30.5 Å². The Morgan fingerprint density at radius 3 is 2.97 bits per heavy atom. The molecule has 3 rings (SSSR count). The van der Waals surface area contributed by atoms with Crippen molar-refractivity contribution in [2.24, 2.45) is 11.8 Å². The number of alkyl halides is 1. The maximum atomic E-state index is 10.3. The van der Waals surface area contributed by atoms with E-state index in [-0.39, 0.29) is 38.1 Å². The van der Waals surface area contributed by atoms with Gasteiger partial charge in [0, 0.05) is 44.0 Å². The van der Waals surface area contributed by atoms with Crippen LogP contribution in [-0.2, 0) is 39.1 Å². The number of ether oxygens (including phenoxy) is 1. The van der Waals surface area contributed by atoms with Crippen LogP contribution in [0, 0.1) is 17.2 Å². The van der Waals surface area contributed by atoms with Crippen LogP contribution in [0.2, 0.25) is 0 Å². The minimum Gasteiger partial charge on any atom is -0.493 e. The van der Waals surface area contributed by atoms with Crippen molar-refractivity contribution in [2.75, 3.05) is 6.61 Å². The van der Waals surface area contributed by atoms with E-state index in [4.69, 9.17) is 16.3 Å². The molecule has 1 radical (unpaired) electrons. The first-order valence-electron chi connectivity index (χ1n) is 10.5. The zero-order valence-corrected chi connectivity index (χ0v) is 21.6. The number of benzene rings is 1. The van der Waals surface area contributed by atoms with Crippen molar-refractivity contribution >= 4 is 22.9 Å².